The zero-order valence-electron chi connectivity index (χ0n) is 14.6. The van der Waals surface area contributed by atoms with E-state index in [0.29, 0.717) is 6.29 Å². The van der Waals surface area contributed by atoms with Crippen LogP contribution >= 0.6 is 15.9 Å². The number of halogens is 1. The van der Waals surface area contributed by atoms with Crippen LogP contribution in [-0.4, -0.2) is 65.7 Å². The molecule has 0 aromatic heterocycles. The summed E-state index contributed by atoms with van der Waals surface area (Å²) in [5.41, 5.74) is 0. The Bertz CT molecular complexity index is 591. The van der Waals surface area contributed by atoms with Gasteiger partial charge in [-0.3, -0.25) is 24.0 Å². The van der Waals surface area contributed by atoms with Gasteiger partial charge in [-0.25, -0.2) is 0 Å². The quantitative estimate of drug-likeness (QED) is 0.242. The molecule has 0 aromatic carbocycles. The van der Waals surface area contributed by atoms with Crippen molar-refractivity contribution in [1.82, 2.24) is 0 Å². The van der Waals surface area contributed by atoms with Crippen molar-refractivity contribution in [2.24, 2.45) is 0 Å². The minimum Gasteiger partial charge on any atom is -0.463 e. The lowest BCUT2D eigenvalue weighted by Gasteiger charge is -2.46. The van der Waals surface area contributed by atoms with Crippen molar-refractivity contribution in [1.29, 1.82) is 0 Å². The molecule has 26 heavy (non-hydrogen) atoms. The predicted molar refractivity (Wildman–Crippen MR) is 85.9 cm³/mol. The molecule has 10 nitrogen and oxygen atoms in total. The molecule has 11 heteroatoms. The number of carbonyl (C=O) groups is 5. The molecule has 0 aliphatic carbocycles. The maximum atomic E-state index is 11.6. The van der Waals surface area contributed by atoms with Crippen molar-refractivity contribution in [2.45, 2.75) is 56.6 Å². The molecule has 1 aliphatic rings. The van der Waals surface area contributed by atoms with E-state index >= 15 is 0 Å². The Morgan fingerprint density at radius 2 is 1.42 bits per heavy atom. The molecule has 0 amide bonds. The Labute approximate surface area is 157 Å². The number of alkyl halides is 1. The summed E-state index contributed by atoms with van der Waals surface area (Å²) in [5.74, 6) is -2.97. The predicted octanol–water partition coefficient (Wildman–Crippen LogP) is 0.0335. The van der Waals surface area contributed by atoms with E-state index in [4.69, 9.17) is 23.7 Å². The van der Waals surface area contributed by atoms with Gasteiger partial charge in [-0.05, 0) is 15.9 Å². The summed E-state index contributed by atoms with van der Waals surface area (Å²) in [7, 11) is 0. The number of ether oxygens (including phenoxy) is 5. The molecule has 146 valence electrons. The monoisotopic (exact) mass is 438 g/mol. The van der Waals surface area contributed by atoms with Crippen molar-refractivity contribution < 1.29 is 47.7 Å². The molecule has 0 aromatic rings. The Morgan fingerprint density at radius 3 is 1.85 bits per heavy atom. The first-order valence-electron chi connectivity index (χ1n) is 7.48. The van der Waals surface area contributed by atoms with Crippen molar-refractivity contribution in [3.63, 3.8) is 0 Å². The second-order valence-electron chi connectivity index (χ2n) is 5.45. The highest BCUT2D eigenvalue weighted by Crippen LogP contribution is 2.38. The Kier molecular flexibility index (Phi) is 7.69. The summed E-state index contributed by atoms with van der Waals surface area (Å²) in [6.45, 7) is 4.01. The van der Waals surface area contributed by atoms with Crippen LogP contribution < -0.4 is 0 Å². The molecule has 1 heterocycles. The van der Waals surface area contributed by atoms with E-state index in [-0.39, 0.29) is 0 Å². The Balaban J connectivity index is 3.34. The highest BCUT2D eigenvalue weighted by atomic mass is 79.9. The van der Waals surface area contributed by atoms with E-state index in [1.807, 2.05) is 0 Å². The molecule has 0 saturated carbocycles. The largest absolute Gasteiger partial charge is 0.463 e. The Hall–Kier alpha value is -2.01. The van der Waals surface area contributed by atoms with Gasteiger partial charge in [0.25, 0.3) is 0 Å². The molecule has 1 saturated heterocycles. The van der Waals surface area contributed by atoms with Gasteiger partial charge in [0.2, 0.25) is 4.51 Å². The molecule has 1 rings (SSSR count). The van der Waals surface area contributed by atoms with Gasteiger partial charge in [0, 0.05) is 27.7 Å². The first kappa shape index (κ1) is 22.0. The second kappa shape index (κ2) is 9.08. The summed E-state index contributed by atoms with van der Waals surface area (Å²) in [5, 5.41) is 0. The first-order valence-corrected chi connectivity index (χ1v) is 8.27. The highest BCUT2D eigenvalue weighted by Gasteiger charge is 2.59. The molecule has 0 spiro atoms. The van der Waals surface area contributed by atoms with Crippen molar-refractivity contribution in [3.8, 4) is 0 Å². The average molecular weight is 439 g/mol. The summed E-state index contributed by atoms with van der Waals surface area (Å²) < 4.78 is 23.8. The minimum atomic E-state index is -1.92. The van der Waals surface area contributed by atoms with E-state index in [0.717, 1.165) is 27.7 Å². The van der Waals surface area contributed by atoms with Gasteiger partial charge in [0.1, 0.15) is 12.7 Å². The Morgan fingerprint density at radius 1 is 0.923 bits per heavy atom. The van der Waals surface area contributed by atoms with Crippen molar-refractivity contribution in [3.05, 3.63) is 0 Å². The molecule has 0 radical (unpaired) electrons. The number of rotatable bonds is 6. The van der Waals surface area contributed by atoms with E-state index in [1.165, 1.54) is 0 Å². The van der Waals surface area contributed by atoms with Crippen LogP contribution in [0, 0.1) is 0 Å². The first-order chi connectivity index (χ1) is 12.0. The molecular weight excluding hydrogens is 420 g/mol. The van der Waals surface area contributed by atoms with Crippen LogP contribution in [0.1, 0.15) is 27.7 Å². The van der Waals surface area contributed by atoms with Crippen LogP contribution in [-0.2, 0) is 47.7 Å². The lowest BCUT2D eigenvalue weighted by Crippen LogP contribution is -2.66. The van der Waals surface area contributed by atoms with Gasteiger partial charge < -0.3 is 23.7 Å². The fourth-order valence-electron chi connectivity index (χ4n) is 2.38. The van der Waals surface area contributed by atoms with Crippen LogP contribution in [0.3, 0.4) is 0 Å². The van der Waals surface area contributed by atoms with Crippen LogP contribution in [0.25, 0.3) is 0 Å². The maximum Gasteiger partial charge on any atom is 0.303 e. The smallest absolute Gasteiger partial charge is 0.303 e. The van der Waals surface area contributed by atoms with Gasteiger partial charge in [0.15, 0.2) is 24.6 Å². The van der Waals surface area contributed by atoms with Crippen LogP contribution in [0.4, 0.5) is 0 Å². The topological polar surface area (TPSA) is 132 Å². The SMILES string of the molecule is CC(=O)OC[C@H]1O[C@@](Br)(C=O)[C@@H](OC(C)=O)[C@@H](OC(C)=O)[C@@H]1OC(C)=O. The van der Waals surface area contributed by atoms with Gasteiger partial charge in [-0.15, -0.1) is 0 Å². The third-order valence-electron chi connectivity index (χ3n) is 3.22. The molecular formula is C15H19BrO10. The van der Waals surface area contributed by atoms with Gasteiger partial charge >= 0.3 is 23.9 Å². The molecule has 1 fully saturated rings. The van der Waals surface area contributed by atoms with E-state index in [9.17, 15) is 24.0 Å². The number of hydrogen-bond donors (Lipinski definition) is 0. The van der Waals surface area contributed by atoms with Crippen LogP contribution in [0.5, 0.6) is 0 Å². The van der Waals surface area contributed by atoms with Crippen LogP contribution in [0.2, 0.25) is 0 Å². The average Bonchev–Trinajstić information content (AvgIpc) is 2.50. The standard InChI is InChI=1S/C15H19BrO10/c1-7(18)22-5-11-12(23-8(2)19)13(24-9(3)20)14(25-10(4)21)15(16,6-17)26-11/h6,11-14H,5H2,1-4H3/t11-,12-,13+,14+,15+/m1/s1. The second-order valence-corrected chi connectivity index (χ2v) is 6.69. The zero-order chi connectivity index (χ0) is 20.1. The lowest BCUT2D eigenvalue weighted by molar-refractivity contribution is -0.252. The molecule has 1 aliphatic heterocycles. The molecule has 0 unspecified atom stereocenters. The van der Waals surface area contributed by atoms with Gasteiger partial charge in [0.05, 0.1) is 0 Å². The maximum absolute atomic E-state index is 11.6. The van der Waals surface area contributed by atoms with Gasteiger partial charge in [-0.1, -0.05) is 0 Å². The van der Waals surface area contributed by atoms with E-state index < -0.39 is 59.4 Å². The van der Waals surface area contributed by atoms with E-state index in [2.05, 4.69) is 15.9 Å². The third kappa shape index (κ3) is 5.77. The summed E-state index contributed by atoms with van der Waals surface area (Å²) in [6, 6.07) is 0. The van der Waals surface area contributed by atoms with Crippen molar-refractivity contribution in [2.75, 3.05) is 6.61 Å². The summed E-state index contributed by atoms with van der Waals surface area (Å²) >= 11 is 3.02. The summed E-state index contributed by atoms with van der Waals surface area (Å²) in [6.07, 6.45) is -5.03. The minimum absolute atomic E-state index is 0.294. The fraction of sp³-hybridized carbons (Fsp3) is 0.667. The molecule has 5 atom stereocenters. The van der Waals surface area contributed by atoms with Crippen LogP contribution in [0.15, 0.2) is 0 Å². The third-order valence-corrected chi connectivity index (χ3v) is 4.04. The molecule has 0 N–H and O–H groups in total. The van der Waals surface area contributed by atoms with Crippen molar-refractivity contribution >= 4 is 46.1 Å². The lowest BCUT2D eigenvalue weighted by atomic mass is 9.94. The van der Waals surface area contributed by atoms with Gasteiger partial charge in [-0.2, -0.15) is 0 Å². The zero-order valence-corrected chi connectivity index (χ0v) is 16.1. The van der Waals surface area contributed by atoms with E-state index in [1.54, 1.807) is 0 Å². The summed E-state index contributed by atoms with van der Waals surface area (Å²) in [4.78, 5) is 57.1. The molecule has 0 bridgehead atoms. The number of aldehydes is 1. The normalized spacial score (nSPS) is 30.7. The fourth-order valence-corrected chi connectivity index (χ4v) is 2.97. The number of esters is 4. The number of hydrogen-bond acceptors (Lipinski definition) is 10. The highest BCUT2D eigenvalue weighted by molar-refractivity contribution is 9.10. The number of carbonyl (C=O) groups excluding carboxylic acids is 5.